The van der Waals surface area contributed by atoms with Crippen LogP contribution in [0.1, 0.15) is 71.1 Å². The molecule has 0 aromatic carbocycles. The van der Waals surface area contributed by atoms with Crippen molar-refractivity contribution in [3.05, 3.63) is 0 Å². The van der Waals surface area contributed by atoms with E-state index < -0.39 is 0 Å². The highest BCUT2D eigenvalue weighted by Crippen LogP contribution is 2.37. The Balaban J connectivity index is 1.92. The van der Waals surface area contributed by atoms with E-state index in [1.807, 2.05) is 6.92 Å². The summed E-state index contributed by atoms with van der Waals surface area (Å²) in [6, 6.07) is 0. The van der Waals surface area contributed by atoms with Crippen LogP contribution in [0, 0.1) is 11.8 Å². The highest BCUT2D eigenvalue weighted by molar-refractivity contribution is 5.69. The Morgan fingerprint density at radius 2 is 1.82 bits per heavy atom. The minimum Gasteiger partial charge on any atom is -0.462 e. The summed E-state index contributed by atoms with van der Waals surface area (Å²) in [5, 5.41) is 0. The average molecular weight is 238 g/mol. The number of carbonyl (C=O) groups is 1. The fourth-order valence-corrected chi connectivity index (χ4v) is 3.50. The van der Waals surface area contributed by atoms with Gasteiger partial charge in [-0.1, -0.05) is 32.6 Å². The van der Waals surface area contributed by atoms with Crippen molar-refractivity contribution in [2.45, 2.75) is 77.2 Å². The second-order valence-corrected chi connectivity index (χ2v) is 5.84. The first kappa shape index (κ1) is 12.9. The molecule has 2 bridgehead atoms. The van der Waals surface area contributed by atoms with E-state index in [0.29, 0.717) is 12.3 Å². The molecule has 0 aromatic rings. The lowest BCUT2D eigenvalue weighted by Crippen LogP contribution is -2.28. The van der Waals surface area contributed by atoms with Gasteiger partial charge in [0.05, 0.1) is 0 Å². The van der Waals surface area contributed by atoms with E-state index in [2.05, 4.69) is 0 Å². The number of rotatable bonds is 3. The maximum Gasteiger partial charge on any atom is 0.306 e. The second kappa shape index (κ2) is 6.42. The minimum absolute atomic E-state index is 0.0267. The van der Waals surface area contributed by atoms with Gasteiger partial charge in [0.15, 0.2) is 0 Å². The molecule has 17 heavy (non-hydrogen) atoms. The third kappa shape index (κ3) is 3.72. The van der Waals surface area contributed by atoms with Crippen LogP contribution in [0.4, 0.5) is 0 Å². The molecule has 0 N–H and O–H groups in total. The van der Waals surface area contributed by atoms with Gasteiger partial charge in [-0.05, 0) is 43.9 Å². The van der Waals surface area contributed by atoms with Gasteiger partial charge < -0.3 is 4.74 Å². The van der Waals surface area contributed by atoms with Gasteiger partial charge in [-0.15, -0.1) is 0 Å². The number of fused-ring (bicyclic) bond motifs is 3. The lowest BCUT2D eigenvalue weighted by molar-refractivity contribution is -0.153. The molecule has 2 aliphatic rings. The van der Waals surface area contributed by atoms with Crippen molar-refractivity contribution in [2.75, 3.05) is 0 Å². The summed E-state index contributed by atoms with van der Waals surface area (Å²) in [7, 11) is 0. The standard InChI is InChI=1S/C15H26O2/c1-2-5-15(16)17-14-9-4-7-12-6-3-8-13(14)11-10-12/h12-14H,2-11H2,1H3. The lowest BCUT2D eigenvalue weighted by atomic mass is 9.85. The van der Waals surface area contributed by atoms with Crippen molar-refractivity contribution in [3.8, 4) is 0 Å². The number of hydrogen-bond donors (Lipinski definition) is 0. The van der Waals surface area contributed by atoms with E-state index in [1.165, 1.54) is 44.9 Å². The molecule has 0 amide bonds. The van der Waals surface area contributed by atoms with Gasteiger partial charge in [-0.3, -0.25) is 4.79 Å². The largest absolute Gasteiger partial charge is 0.462 e. The van der Waals surface area contributed by atoms with E-state index >= 15 is 0 Å². The fraction of sp³-hybridized carbons (Fsp3) is 0.933. The monoisotopic (exact) mass is 238 g/mol. The molecule has 0 aromatic heterocycles. The summed E-state index contributed by atoms with van der Waals surface area (Å²) >= 11 is 0. The maximum atomic E-state index is 11.6. The third-order valence-electron chi connectivity index (χ3n) is 4.50. The Bertz CT molecular complexity index is 249. The molecule has 2 nitrogen and oxygen atoms in total. The first-order chi connectivity index (χ1) is 8.29. The normalized spacial score (nSPS) is 33.6. The zero-order chi connectivity index (χ0) is 12.1. The topological polar surface area (TPSA) is 26.3 Å². The first-order valence-corrected chi connectivity index (χ1v) is 7.49. The number of ether oxygens (including phenoxy) is 1. The molecule has 98 valence electrons. The Morgan fingerprint density at radius 1 is 1.06 bits per heavy atom. The molecule has 3 atom stereocenters. The smallest absolute Gasteiger partial charge is 0.306 e. The molecule has 2 heteroatoms. The van der Waals surface area contributed by atoms with Crippen LogP contribution in [0.3, 0.4) is 0 Å². The van der Waals surface area contributed by atoms with E-state index in [4.69, 9.17) is 4.74 Å². The van der Waals surface area contributed by atoms with E-state index in [-0.39, 0.29) is 12.1 Å². The van der Waals surface area contributed by atoms with E-state index in [9.17, 15) is 4.79 Å². The van der Waals surface area contributed by atoms with Gasteiger partial charge in [0, 0.05) is 6.42 Å². The Labute approximate surface area is 105 Å². The number of hydrogen-bond acceptors (Lipinski definition) is 2. The first-order valence-electron chi connectivity index (χ1n) is 7.49. The van der Waals surface area contributed by atoms with Crippen molar-refractivity contribution >= 4 is 5.97 Å². The van der Waals surface area contributed by atoms with Gasteiger partial charge in [0.2, 0.25) is 0 Å². The predicted octanol–water partition coefficient (Wildman–Crippen LogP) is 4.08. The summed E-state index contributed by atoms with van der Waals surface area (Å²) in [5.41, 5.74) is 0. The van der Waals surface area contributed by atoms with Crippen LogP contribution >= 0.6 is 0 Å². The summed E-state index contributed by atoms with van der Waals surface area (Å²) in [5.74, 6) is 1.65. The molecule has 2 saturated carbocycles. The van der Waals surface area contributed by atoms with Gasteiger partial charge in [0.1, 0.15) is 6.10 Å². The average Bonchev–Trinajstić information content (AvgIpc) is 2.47. The van der Waals surface area contributed by atoms with E-state index in [0.717, 1.165) is 18.8 Å². The van der Waals surface area contributed by atoms with Gasteiger partial charge in [-0.25, -0.2) is 0 Å². The molecule has 0 spiro atoms. The highest BCUT2D eigenvalue weighted by atomic mass is 16.5. The van der Waals surface area contributed by atoms with Gasteiger partial charge in [-0.2, -0.15) is 0 Å². The Morgan fingerprint density at radius 3 is 2.59 bits per heavy atom. The van der Waals surface area contributed by atoms with Crippen molar-refractivity contribution in [2.24, 2.45) is 11.8 Å². The predicted molar refractivity (Wildman–Crippen MR) is 68.7 cm³/mol. The van der Waals surface area contributed by atoms with Crippen LogP contribution in [-0.2, 0) is 9.53 Å². The van der Waals surface area contributed by atoms with Crippen molar-refractivity contribution in [1.29, 1.82) is 0 Å². The quantitative estimate of drug-likeness (QED) is 0.692. The molecule has 0 aliphatic heterocycles. The Hall–Kier alpha value is -0.530. The molecule has 2 rings (SSSR count). The molecule has 2 fully saturated rings. The van der Waals surface area contributed by atoms with E-state index in [1.54, 1.807) is 0 Å². The van der Waals surface area contributed by atoms with Crippen LogP contribution in [0.25, 0.3) is 0 Å². The molecule has 0 saturated heterocycles. The highest BCUT2D eigenvalue weighted by Gasteiger charge is 2.30. The summed E-state index contributed by atoms with van der Waals surface area (Å²) in [6.07, 6.45) is 12.1. The molecule has 0 radical (unpaired) electrons. The molecular formula is C15H26O2. The third-order valence-corrected chi connectivity index (χ3v) is 4.50. The van der Waals surface area contributed by atoms with Gasteiger partial charge in [0.25, 0.3) is 0 Å². The van der Waals surface area contributed by atoms with Crippen LogP contribution in [0.5, 0.6) is 0 Å². The second-order valence-electron chi connectivity index (χ2n) is 5.84. The SMILES string of the molecule is CCCC(=O)OC1CCCC2CCCC1CC2. The number of carbonyl (C=O) groups excluding carboxylic acids is 1. The summed E-state index contributed by atoms with van der Waals surface area (Å²) in [4.78, 5) is 11.6. The number of esters is 1. The lowest BCUT2D eigenvalue weighted by Gasteiger charge is -2.28. The van der Waals surface area contributed by atoms with Crippen LogP contribution in [0.2, 0.25) is 0 Å². The van der Waals surface area contributed by atoms with Crippen LogP contribution < -0.4 is 0 Å². The Kier molecular flexibility index (Phi) is 4.87. The fourth-order valence-electron chi connectivity index (χ4n) is 3.50. The summed E-state index contributed by atoms with van der Waals surface area (Å²) in [6.45, 7) is 2.04. The molecule has 3 unspecified atom stereocenters. The van der Waals surface area contributed by atoms with Gasteiger partial charge >= 0.3 is 5.97 Å². The molecular weight excluding hydrogens is 212 g/mol. The van der Waals surface area contributed by atoms with Crippen LogP contribution in [-0.4, -0.2) is 12.1 Å². The minimum atomic E-state index is 0.0267. The van der Waals surface area contributed by atoms with Crippen molar-refractivity contribution in [3.63, 3.8) is 0 Å². The summed E-state index contributed by atoms with van der Waals surface area (Å²) < 4.78 is 5.71. The van der Waals surface area contributed by atoms with Crippen molar-refractivity contribution in [1.82, 2.24) is 0 Å². The molecule has 0 heterocycles. The zero-order valence-corrected chi connectivity index (χ0v) is 11.1. The maximum absolute atomic E-state index is 11.6. The van der Waals surface area contributed by atoms with Crippen molar-refractivity contribution < 1.29 is 9.53 Å². The molecule has 2 aliphatic carbocycles. The zero-order valence-electron chi connectivity index (χ0n) is 11.1. The van der Waals surface area contributed by atoms with Crippen LogP contribution in [0.15, 0.2) is 0 Å².